The summed E-state index contributed by atoms with van der Waals surface area (Å²) in [6, 6.07) is 3.47. The molecule has 3 rings (SSSR count). The van der Waals surface area contributed by atoms with E-state index in [-0.39, 0.29) is 11.8 Å². The smallest absolute Gasteiger partial charge is 0.257 e. The van der Waals surface area contributed by atoms with Crippen LogP contribution in [0.25, 0.3) is 5.57 Å². The van der Waals surface area contributed by atoms with E-state index >= 15 is 0 Å². The molecule has 0 radical (unpaired) electrons. The number of carbonyl (C=O) groups is 1. The highest BCUT2D eigenvalue weighted by Crippen LogP contribution is 2.30. The minimum absolute atomic E-state index is 0.0989. The van der Waals surface area contributed by atoms with E-state index in [1.807, 2.05) is 11.5 Å². The fraction of sp³-hybridized carbons (Fsp3) is 0.389. The van der Waals surface area contributed by atoms with Crippen molar-refractivity contribution >= 4 is 38.7 Å². The molecule has 1 atom stereocenters. The highest BCUT2D eigenvalue weighted by molar-refractivity contribution is 7.84. The maximum absolute atomic E-state index is 12.8. The van der Waals surface area contributed by atoms with Crippen LogP contribution in [-0.2, 0) is 20.3 Å². The van der Waals surface area contributed by atoms with E-state index in [1.165, 1.54) is 31.3 Å². The average molecular weight is 392 g/mol. The molecule has 1 unspecified atom stereocenters. The molecule has 1 fully saturated rings. The van der Waals surface area contributed by atoms with Crippen LogP contribution in [0.1, 0.15) is 31.2 Å². The van der Waals surface area contributed by atoms with Crippen molar-refractivity contribution in [2.45, 2.75) is 30.7 Å². The maximum Gasteiger partial charge on any atom is 0.257 e. The van der Waals surface area contributed by atoms with Gasteiger partial charge in [0.1, 0.15) is 11.0 Å². The zero-order valence-electron chi connectivity index (χ0n) is 14.5. The van der Waals surface area contributed by atoms with Gasteiger partial charge in [0.25, 0.3) is 5.91 Å². The van der Waals surface area contributed by atoms with Crippen LogP contribution in [0, 0.1) is 5.92 Å². The summed E-state index contributed by atoms with van der Waals surface area (Å²) in [6.07, 6.45) is 9.87. The second-order valence-corrected chi connectivity index (χ2v) is 8.29. The number of aromatic nitrogens is 2. The van der Waals surface area contributed by atoms with Gasteiger partial charge in [0.15, 0.2) is 5.13 Å². The van der Waals surface area contributed by atoms with Gasteiger partial charge in [-0.2, -0.15) is 0 Å². The molecule has 1 N–H and O–H groups in total. The van der Waals surface area contributed by atoms with E-state index in [9.17, 15) is 9.00 Å². The number of nitrogens with one attached hydrogen (secondary N) is 1. The zero-order valence-corrected chi connectivity index (χ0v) is 16.1. The Morgan fingerprint density at radius 1 is 1.38 bits per heavy atom. The Bertz CT molecular complexity index is 783. The maximum atomic E-state index is 12.8. The lowest BCUT2D eigenvalue weighted by Crippen LogP contribution is -2.15. The number of methoxy groups -OCH3 is 1. The van der Waals surface area contributed by atoms with Gasteiger partial charge >= 0.3 is 0 Å². The summed E-state index contributed by atoms with van der Waals surface area (Å²) in [7, 11) is 0.190. The van der Waals surface area contributed by atoms with Crippen LogP contribution in [0.3, 0.4) is 0 Å². The first-order valence-electron chi connectivity index (χ1n) is 8.44. The minimum Gasteiger partial charge on any atom is -0.371 e. The summed E-state index contributed by atoms with van der Waals surface area (Å²) in [6.45, 7) is 0. The molecule has 2 aromatic heterocycles. The van der Waals surface area contributed by atoms with Crippen LogP contribution in [0.5, 0.6) is 0 Å². The molecular formula is C18H21N3O3S2. The molecule has 6 nitrogen and oxygen atoms in total. The van der Waals surface area contributed by atoms with Gasteiger partial charge in [0.05, 0.1) is 10.8 Å². The van der Waals surface area contributed by atoms with Gasteiger partial charge in [0, 0.05) is 36.0 Å². The molecule has 26 heavy (non-hydrogen) atoms. The number of allylic oxidation sites excluding steroid dienone is 1. The third kappa shape index (κ3) is 4.84. The molecule has 0 spiro atoms. The van der Waals surface area contributed by atoms with Crippen LogP contribution in [0.4, 0.5) is 5.13 Å². The Hall–Kier alpha value is -1.90. The predicted molar refractivity (Wildman–Crippen MR) is 103 cm³/mol. The number of anilines is 1. The Morgan fingerprint density at radius 2 is 2.19 bits per heavy atom. The van der Waals surface area contributed by atoms with Gasteiger partial charge in [-0.25, -0.2) is 9.97 Å². The molecule has 1 amide bonds. The molecule has 8 heteroatoms. The van der Waals surface area contributed by atoms with Gasteiger partial charge in [-0.05, 0) is 30.9 Å². The second kappa shape index (κ2) is 9.16. The Kier molecular flexibility index (Phi) is 6.65. The summed E-state index contributed by atoms with van der Waals surface area (Å²) in [4.78, 5) is 21.2. The third-order valence-corrected chi connectivity index (χ3v) is 6.05. The van der Waals surface area contributed by atoms with E-state index in [1.54, 1.807) is 24.5 Å². The first-order valence-corrected chi connectivity index (χ1v) is 10.6. The summed E-state index contributed by atoms with van der Waals surface area (Å²) in [5, 5.41) is 5.67. The van der Waals surface area contributed by atoms with Crippen LogP contribution in [0.15, 0.2) is 41.0 Å². The molecule has 2 heterocycles. The number of amides is 1. The quantitative estimate of drug-likeness (QED) is 0.731. The summed E-state index contributed by atoms with van der Waals surface area (Å²) >= 11 is 1.38. The van der Waals surface area contributed by atoms with E-state index in [2.05, 4.69) is 15.3 Å². The highest BCUT2D eigenvalue weighted by atomic mass is 32.2. The van der Waals surface area contributed by atoms with Crippen molar-refractivity contribution in [3.8, 4) is 0 Å². The lowest BCUT2D eigenvalue weighted by Gasteiger charge is -2.11. The zero-order chi connectivity index (χ0) is 18.4. The van der Waals surface area contributed by atoms with Crippen molar-refractivity contribution in [1.29, 1.82) is 0 Å². The SMILES string of the molecule is COCS(=O)c1ccc(C(=CC2CCCC2)C(=O)Nc2nccs2)cn1. The van der Waals surface area contributed by atoms with Crippen molar-refractivity contribution in [2.75, 3.05) is 18.4 Å². The molecule has 1 aliphatic carbocycles. The monoisotopic (exact) mass is 391 g/mol. The average Bonchev–Trinajstić information content (AvgIpc) is 3.34. The van der Waals surface area contributed by atoms with Gasteiger partial charge in [-0.1, -0.05) is 18.9 Å². The summed E-state index contributed by atoms with van der Waals surface area (Å²) < 4.78 is 16.9. The van der Waals surface area contributed by atoms with Gasteiger partial charge in [-0.15, -0.1) is 11.3 Å². The number of hydrogen-bond donors (Lipinski definition) is 1. The van der Waals surface area contributed by atoms with Gasteiger partial charge in [0.2, 0.25) is 0 Å². The van der Waals surface area contributed by atoms with Crippen molar-refractivity contribution in [3.05, 3.63) is 41.5 Å². The molecule has 1 saturated carbocycles. The Morgan fingerprint density at radius 3 is 2.81 bits per heavy atom. The van der Waals surface area contributed by atoms with E-state index in [0.717, 1.165) is 12.8 Å². The molecule has 138 valence electrons. The van der Waals surface area contributed by atoms with Crippen molar-refractivity contribution in [1.82, 2.24) is 9.97 Å². The van der Waals surface area contributed by atoms with Gasteiger partial charge < -0.3 is 4.74 Å². The minimum atomic E-state index is -1.31. The standard InChI is InChI=1S/C18H21N3O3S2/c1-24-12-26(23)16-7-6-14(11-20-16)15(10-13-4-2-3-5-13)17(22)21-18-19-8-9-25-18/h6-11,13H,2-5,12H2,1H3,(H,19,21,22). The first-order chi connectivity index (χ1) is 12.7. The Balaban J connectivity index is 1.85. The third-order valence-electron chi connectivity index (χ3n) is 4.21. The van der Waals surface area contributed by atoms with Crippen molar-refractivity contribution < 1.29 is 13.7 Å². The normalized spacial score (nSPS) is 16.6. The van der Waals surface area contributed by atoms with Crippen LogP contribution in [-0.4, -0.2) is 33.1 Å². The number of nitrogens with zero attached hydrogens (tertiary/aromatic N) is 2. The summed E-state index contributed by atoms with van der Waals surface area (Å²) in [5.41, 5.74) is 1.30. The fourth-order valence-electron chi connectivity index (χ4n) is 2.95. The number of carbonyl (C=O) groups excluding carboxylic acids is 1. The van der Waals surface area contributed by atoms with Crippen LogP contribution < -0.4 is 5.32 Å². The first kappa shape index (κ1) is 18.9. The van der Waals surface area contributed by atoms with E-state index in [0.29, 0.717) is 27.2 Å². The molecule has 0 saturated heterocycles. The second-order valence-electron chi connectivity index (χ2n) is 6.05. The molecule has 0 aromatic carbocycles. The molecule has 2 aromatic rings. The topological polar surface area (TPSA) is 81.2 Å². The number of ether oxygens (including phenoxy) is 1. The van der Waals surface area contributed by atoms with Crippen molar-refractivity contribution in [3.63, 3.8) is 0 Å². The molecule has 0 aliphatic heterocycles. The van der Waals surface area contributed by atoms with Gasteiger partial charge in [-0.3, -0.25) is 14.3 Å². The van der Waals surface area contributed by atoms with E-state index < -0.39 is 10.8 Å². The Labute approximate surface area is 159 Å². The fourth-order valence-corrected chi connectivity index (χ4v) is 4.20. The van der Waals surface area contributed by atoms with E-state index in [4.69, 9.17) is 4.74 Å². The largest absolute Gasteiger partial charge is 0.371 e. The van der Waals surface area contributed by atoms with Crippen LogP contribution in [0.2, 0.25) is 0 Å². The number of hydrogen-bond acceptors (Lipinski definition) is 6. The summed E-state index contributed by atoms with van der Waals surface area (Å²) in [5.74, 6) is 0.301. The molecule has 1 aliphatic rings. The van der Waals surface area contributed by atoms with Crippen molar-refractivity contribution in [2.24, 2.45) is 5.92 Å². The lowest BCUT2D eigenvalue weighted by molar-refractivity contribution is -0.111. The number of rotatable bonds is 7. The van der Waals surface area contributed by atoms with Crippen LogP contribution >= 0.6 is 11.3 Å². The highest BCUT2D eigenvalue weighted by Gasteiger charge is 2.19. The predicted octanol–water partition coefficient (Wildman–Crippen LogP) is 3.46. The lowest BCUT2D eigenvalue weighted by atomic mass is 9.99. The molecular weight excluding hydrogens is 370 g/mol. The molecule has 0 bridgehead atoms. The number of pyridine rings is 1. The number of thiazole rings is 1.